The predicted molar refractivity (Wildman–Crippen MR) is 106 cm³/mol. The van der Waals surface area contributed by atoms with Gasteiger partial charge in [0.1, 0.15) is 12.6 Å². The molecule has 0 bridgehead atoms. The first-order chi connectivity index (χ1) is 13.2. The number of halogens is 1. The Morgan fingerprint density at radius 2 is 2.00 bits per heavy atom. The molecule has 0 spiro atoms. The fourth-order valence-corrected chi connectivity index (χ4v) is 4.15. The zero-order chi connectivity index (χ0) is 20.9. The molecule has 0 aliphatic carbocycles. The van der Waals surface area contributed by atoms with Crippen molar-refractivity contribution in [2.45, 2.75) is 22.8 Å². The van der Waals surface area contributed by atoms with Crippen LogP contribution in [0.15, 0.2) is 52.3 Å². The van der Waals surface area contributed by atoms with Gasteiger partial charge < -0.3 is 4.74 Å². The molecule has 1 N–H and O–H groups in total. The lowest BCUT2D eigenvalue weighted by Gasteiger charge is -2.15. The van der Waals surface area contributed by atoms with E-state index in [2.05, 4.69) is 4.72 Å². The molecule has 1 atom stereocenters. The van der Waals surface area contributed by atoms with E-state index in [1.165, 1.54) is 12.1 Å². The number of sulfonamides is 1. The number of carbonyl (C=O) groups is 1. The summed E-state index contributed by atoms with van der Waals surface area (Å²) in [7, 11) is -4.14. The molecular formula is C17H17ClN2O6S2. The minimum atomic E-state index is -4.14. The number of ether oxygens (including phenoxy) is 1. The van der Waals surface area contributed by atoms with Crippen molar-refractivity contribution in [1.29, 1.82) is 0 Å². The number of carbonyl (C=O) groups excluding carboxylic acids is 1. The predicted octanol–water partition coefficient (Wildman–Crippen LogP) is 3.55. The van der Waals surface area contributed by atoms with Gasteiger partial charge in [0.25, 0.3) is 5.69 Å². The molecule has 28 heavy (non-hydrogen) atoms. The average Bonchev–Trinajstić information content (AvgIpc) is 2.66. The number of nitro benzene ring substituents is 1. The lowest BCUT2D eigenvalue weighted by Crippen LogP contribution is -2.31. The highest BCUT2D eigenvalue weighted by Gasteiger charge is 2.22. The number of nitrogens with zero attached hydrogens (tertiary/aromatic N) is 1. The maximum Gasteiger partial charge on any atom is 0.321 e. The van der Waals surface area contributed by atoms with Gasteiger partial charge in [0.15, 0.2) is 0 Å². The number of esters is 1. The molecule has 11 heteroatoms. The molecule has 0 saturated heterocycles. The van der Waals surface area contributed by atoms with Gasteiger partial charge in [-0.05, 0) is 31.4 Å². The number of nitro groups is 1. The van der Waals surface area contributed by atoms with Gasteiger partial charge in [0.2, 0.25) is 10.0 Å². The zero-order valence-corrected chi connectivity index (χ0v) is 17.3. The molecule has 0 aliphatic rings. The lowest BCUT2D eigenvalue weighted by atomic mass is 10.1. The Kier molecular flexibility index (Phi) is 7.41. The maximum atomic E-state index is 12.4. The fraction of sp³-hybridized carbons (Fsp3) is 0.235. The molecule has 0 aliphatic heterocycles. The molecule has 2 rings (SSSR count). The van der Waals surface area contributed by atoms with Crippen LogP contribution in [0.4, 0.5) is 5.69 Å². The Bertz CT molecular complexity index is 997. The van der Waals surface area contributed by atoms with Crippen LogP contribution in [-0.2, 0) is 19.6 Å². The number of thioether (sulfide) groups is 1. The van der Waals surface area contributed by atoms with Crippen molar-refractivity contribution in [2.24, 2.45) is 0 Å². The van der Waals surface area contributed by atoms with E-state index in [0.717, 1.165) is 17.8 Å². The summed E-state index contributed by atoms with van der Waals surface area (Å²) in [6.45, 7) is 0.979. The standard InChI is InChI=1S/C17H17ClN2O6S2/c1-11(13-5-3-4-6-14(13)18)26-17(21)10-19-28(24,25)12-7-8-16(27-2)15(9-12)20(22)23/h3-9,11,19H,10H2,1-2H3/t11-/m1/s1. The Balaban J connectivity index is 2.07. The van der Waals surface area contributed by atoms with Crippen LogP contribution in [0.25, 0.3) is 0 Å². The Morgan fingerprint density at radius 3 is 2.61 bits per heavy atom. The van der Waals surface area contributed by atoms with E-state index in [4.69, 9.17) is 16.3 Å². The molecule has 0 unspecified atom stereocenters. The van der Waals surface area contributed by atoms with E-state index in [0.29, 0.717) is 15.5 Å². The monoisotopic (exact) mass is 444 g/mol. The topological polar surface area (TPSA) is 116 Å². The number of hydrogen-bond acceptors (Lipinski definition) is 7. The first-order valence-electron chi connectivity index (χ1n) is 7.91. The van der Waals surface area contributed by atoms with Crippen LogP contribution in [0.3, 0.4) is 0 Å². The third-order valence-electron chi connectivity index (χ3n) is 3.72. The number of nitrogens with one attached hydrogen (secondary N) is 1. The molecule has 2 aromatic rings. The van der Waals surface area contributed by atoms with Gasteiger partial charge in [-0.15, -0.1) is 11.8 Å². The van der Waals surface area contributed by atoms with Crippen LogP contribution >= 0.6 is 23.4 Å². The molecule has 0 amide bonds. The third-order valence-corrected chi connectivity index (χ3v) is 6.24. The van der Waals surface area contributed by atoms with Crippen molar-refractivity contribution in [2.75, 3.05) is 12.8 Å². The number of hydrogen-bond donors (Lipinski definition) is 1. The van der Waals surface area contributed by atoms with Gasteiger partial charge >= 0.3 is 5.97 Å². The Labute approximate surface area is 171 Å². The molecule has 0 saturated carbocycles. The highest BCUT2D eigenvalue weighted by Crippen LogP contribution is 2.30. The van der Waals surface area contributed by atoms with E-state index in [9.17, 15) is 23.3 Å². The van der Waals surface area contributed by atoms with Crippen molar-refractivity contribution < 1.29 is 22.9 Å². The molecule has 8 nitrogen and oxygen atoms in total. The summed E-state index contributed by atoms with van der Waals surface area (Å²) in [5, 5.41) is 11.5. The smallest absolute Gasteiger partial charge is 0.321 e. The van der Waals surface area contributed by atoms with Gasteiger partial charge in [-0.3, -0.25) is 14.9 Å². The fourth-order valence-electron chi connectivity index (χ4n) is 2.32. The minimum absolute atomic E-state index is 0.316. The van der Waals surface area contributed by atoms with Gasteiger partial charge in [-0.25, -0.2) is 8.42 Å². The highest BCUT2D eigenvalue weighted by molar-refractivity contribution is 7.98. The summed E-state index contributed by atoms with van der Waals surface area (Å²) >= 11 is 7.16. The normalized spacial score (nSPS) is 12.4. The van der Waals surface area contributed by atoms with Gasteiger partial charge in [0.05, 0.1) is 14.7 Å². The van der Waals surface area contributed by atoms with Crippen LogP contribution in [0.1, 0.15) is 18.6 Å². The van der Waals surface area contributed by atoms with Crippen LogP contribution in [0.2, 0.25) is 5.02 Å². The first-order valence-corrected chi connectivity index (χ1v) is 11.0. The number of benzene rings is 2. The second kappa shape index (κ2) is 9.37. The second-order valence-corrected chi connectivity index (χ2v) is 8.59. The van der Waals surface area contributed by atoms with Crippen LogP contribution in [0, 0.1) is 10.1 Å². The summed E-state index contributed by atoms with van der Waals surface area (Å²) in [5.74, 6) is -0.814. The quantitative estimate of drug-likeness (QED) is 0.286. The van der Waals surface area contributed by atoms with Crippen molar-refractivity contribution >= 4 is 45.0 Å². The molecule has 0 fully saturated rings. The SMILES string of the molecule is CSc1ccc(S(=O)(=O)NCC(=O)O[C@H](C)c2ccccc2Cl)cc1[N+](=O)[O-]. The van der Waals surface area contributed by atoms with Crippen molar-refractivity contribution in [3.63, 3.8) is 0 Å². The first kappa shape index (κ1) is 22.2. The average molecular weight is 445 g/mol. The molecule has 0 radical (unpaired) electrons. The van der Waals surface area contributed by atoms with E-state index >= 15 is 0 Å². The third kappa shape index (κ3) is 5.44. The van der Waals surface area contributed by atoms with E-state index in [1.807, 2.05) is 0 Å². The molecule has 150 valence electrons. The largest absolute Gasteiger partial charge is 0.457 e. The van der Waals surface area contributed by atoms with Gasteiger partial charge in [-0.1, -0.05) is 29.8 Å². The summed E-state index contributed by atoms with van der Waals surface area (Å²) in [5.41, 5.74) is 0.258. The summed E-state index contributed by atoms with van der Waals surface area (Å²) < 4.78 is 32.0. The van der Waals surface area contributed by atoms with E-state index in [1.54, 1.807) is 37.4 Å². The molecule has 2 aromatic carbocycles. The van der Waals surface area contributed by atoms with Gasteiger partial charge in [0, 0.05) is 16.7 Å². The minimum Gasteiger partial charge on any atom is -0.457 e. The molecule has 0 heterocycles. The number of rotatable bonds is 8. The maximum absolute atomic E-state index is 12.4. The van der Waals surface area contributed by atoms with E-state index in [-0.39, 0.29) is 10.6 Å². The Hall–Kier alpha value is -2.14. The summed E-state index contributed by atoms with van der Waals surface area (Å²) in [6.07, 6.45) is 0.970. The van der Waals surface area contributed by atoms with Crippen LogP contribution in [-0.4, -0.2) is 32.1 Å². The summed E-state index contributed by atoms with van der Waals surface area (Å²) in [4.78, 5) is 22.4. The van der Waals surface area contributed by atoms with Crippen molar-refractivity contribution in [3.8, 4) is 0 Å². The van der Waals surface area contributed by atoms with E-state index < -0.39 is 33.6 Å². The van der Waals surface area contributed by atoms with Crippen LogP contribution < -0.4 is 4.72 Å². The van der Waals surface area contributed by atoms with Crippen molar-refractivity contribution in [3.05, 3.63) is 63.2 Å². The van der Waals surface area contributed by atoms with Crippen LogP contribution in [0.5, 0.6) is 0 Å². The zero-order valence-electron chi connectivity index (χ0n) is 14.9. The highest BCUT2D eigenvalue weighted by atomic mass is 35.5. The molecule has 0 aromatic heterocycles. The molecular weight excluding hydrogens is 428 g/mol. The van der Waals surface area contributed by atoms with Gasteiger partial charge in [-0.2, -0.15) is 4.72 Å². The second-order valence-electron chi connectivity index (χ2n) is 5.57. The Morgan fingerprint density at radius 1 is 1.32 bits per heavy atom. The lowest BCUT2D eigenvalue weighted by molar-refractivity contribution is -0.387. The summed E-state index contributed by atoms with van der Waals surface area (Å²) in [6, 6.07) is 10.3. The van der Waals surface area contributed by atoms with Crippen molar-refractivity contribution in [1.82, 2.24) is 4.72 Å².